The van der Waals surface area contributed by atoms with E-state index in [0.29, 0.717) is 6.54 Å². The SMILES string of the molecule is COC(=O)c1nsc(NC(=O)C2CC(=O)N(C(C)c3ccccc3)C2)n1. The van der Waals surface area contributed by atoms with E-state index >= 15 is 0 Å². The molecule has 2 unspecified atom stereocenters. The number of amides is 2. The van der Waals surface area contributed by atoms with Crippen LogP contribution >= 0.6 is 11.5 Å². The van der Waals surface area contributed by atoms with Gasteiger partial charge in [-0.15, -0.1) is 0 Å². The van der Waals surface area contributed by atoms with Crippen LogP contribution in [0.1, 0.15) is 35.6 Å². The second kappa shape index (κ2) is 7.61. The number of aromatic nitrogens is 2. The number of ether oxygens (including phenoxy) is 1. The largest absolute Gasteiger partial charge is 0.463 e. The molecule has 2 heterocycles. The zero-order valence-electron chi connectivity index (χ0n) is 14.3. The lowest BCUT2D eigenvalue weighted by Crippen LogP contribution is -2.30. The summed E-state index contributed by atoms with van der Waals surface area (Å²) >= 11 is 0.893. The van der Waals surface area contributed by atoms with Gasteiger partial charge in [0, 0.05) is 24.5 Å². The molecule has 1 aromatic carbocycles. The van der Waals surface area contributed by atoms with Gasteiger partial charge in [0.25, 0.3) is 5.82 Å². The maximum absolute atomic E-state index is 12.4. The highest BCUT2D eigenvalue weighted by Gasteiger charge is 2.37. The van der Waals surface area contributed by atoms with E-state index in [1.165, 1.54) is 7.11 Å². The average Bonchev–Trinajstić information content (AvgIpc) is 3.28. The highest BCUT2D eigenvalue weighted by atomic mass is 32.1. The Labute approximate surface area is 154 Å². The first-order valence-corrected chi connectivity index (χ1v) is 8.84. The summed E-state index contributed by atoms with van der Waals surface area (Å²) in [6, 6.07) is 9.58. The van der Waals surface area contributed by atoms with E-state index in [0.717, 1.165) is 17.1 Å². The third-order valence-corrected chi connectivity index (χ3v) is 4.93. The van der Waals surface area contributed by atoms with Crippen LogP contribution < -0.4 is 5.32 Å². The van der Waals surface area contributed by atoms with Gasteiger partial charge in [-0.25, -0.2) is 4.79 Å². The molecule has 2 atom stereocenters. The Morgan fingerprint density at radius 3 is 2.77 bits per heavy atom. The molecule has 0 radical (unpaired) electrons. The van der Waals surface area contributed by atoms with Crippen molar-refractivity contribution in [2.45, 2.75) is 19.4 Å². The Morgan fingerprint density at radius 1 is 1.35 bits per heavy atom. The molecule has 0 saturated carbocycles. The van der Waals surface area contributed by atoms with E-state index in [-0.39, 0.29) is 35.2 Å². The highest BCUT2D eigenvalue weighted by molar-refractivity contribution is 7.10. The Hall–Kier alpha value is -2.81. The van der Waals surface area contributed by atoms with E-state index in [1.54, 1.807) is 4.90 Å². The van der Waals surface area contributed by atoms with Crippen molar-refractivity contribution in [1.82, 2.24) is 14.3 Å². The molecule has 1 N–H and O–H groups in total. The summed E-state index contributed by atoms with van der Waals surface area (Å²) in [6.07, 6.45) is 0.145. The van der Waals surface area contributed by atoms with Crippen molar-refractivity contribution in [1.29, 1.82) is 0 Å². The number of nitrogens with one attached hydrogen (secondary N) is 1. The quantitative estimate of drug-likeness (QED) is 0.802. The molecule has 1 aromatic heterocycles. The molecule has 8 nitrogen and oxygen atoms in total. The lowest BCUT2D eigenvalue weighted by molar-refractivity contribution is -0.129. The van der Waals surface area contributed by atoms with Crippen LogP contribution in [0.15, 0.2) is 30.3 Å². The predicted molar refractivity (Wildman–Crippen MR) is 94.6 cm³/mol. The Kier molecular flexibility index (Phi) is 5.27. The number of benzene rings is 1. The lowest BCUT2D eigenvalue weighted by atomic mass is 10.1. The van der Waals surface area contributed by atoms with Crippen LogP contribution in [0, 0.1) is 5.92 Å². The van der Waals surface area contributed by atoms with Gasteiger partial charge in [0.05, 0.1) is 19.1 Å². The minimum absolute atomic E-state index is 0.0611. The number of carbonyl (C=O) groups is 3. The summed E-state index contributed by atoms with van der Waals surface area (Å²) in [5.74, 6) is -1.61. The number of nitrogens with zero attached hydrogens (tertiary/aromatic N) is 3. The molecule has 26 heavy (non-hydrogen) atoms. The van der Waals surface area contributed by atoms with Crippen molar-refractivity contribution >= 4 is 34.4 Å². The average molecular weight is 374 g/mol. The number of rotatable bonds is 5. The number of methoxy groups -OCH3 is 1. The molecule has 2 aromatic rings. The van der Waals surface area contributed by atoms with Gasteiger partial charge >= 0.3 is 5.97 Å². The van der Waals surface area contributed by atoms with Gasteiger partial charge in [0.2, 0.25) is 16.9 Å². The summed E-state index contributed by atoms with van der Waals surface area (Å²) in [5.41, 5.74) is 1.02. The van der Waals surface area contributed by atoms with Gasteiger partial charge in [0.15, 0.2) is 0 Å². The Morgan fingerprint density at radius 2 is 2.08 bits per heavy atom. The van der Waals surface area contributed by atoms with Crippen LogP contribution in [-0.2, 0) is 14.3 Å². The smallest absolute Gasteiger partial charge is 0.377 e. The summed E-state index contributed by atoms with van der Waals surface area (Å²) in [5, 5.41) is 2.83. The summed E-state index contributed by atoms with van der Waals surface area (Å²) in [6.45, 7) is 2.28. The lowest BCUT2D eigenvalue weighted by Gasteiger charge is -2.25. The number of anilines is 1. The van der Waals surface area contributed by atoms with Crippen molar-refractivity contribution in [3.63, 3.8) is 0 Å². The highest BCUT2D eigenvalue weighted by Crippen LogP contribution is 2.29. The number of carbonyl (C=O) groups excluding carboxylic acids is 3. The van der Waals surface area contributed by atoms with Gasteiger partial charge in [-0.1, -0.05) is 30.3 Å². The van der Waals surface area contributed by atoms with Gasteiger partial charge in [0.1, 0.15) is 0 Å². The van der Waals surface area contributed by atoms with Crippen molar-refractivity contribution in [2.75, 3.05) is 19.0 Å². The number of hydrogen-bond acceptors (Lipinski definition) is 7. The molecule has 0 spiro atoms. The number of hydrogen-bond donors (Lipinski definition) is 1. The molecule has 1 aliphatic rings. The van der Waals surface area contributed by atoms with Crippen LogP contribution in [0.5, 0.6) is 0 Å². The van der Waals surface area contributed by atoms with E-state index in [1.807, 2.05) is 37.3 Å². The monoisotopic (exact) mass is 374 g/mol. The maximum Gasteiger partial charge on any atom is 0.377 e. The predicted octanol–water partition coefficient (Wildman–Crippen LogP) is 1.87. The maximum atomic E-state index is 12.4. The van der Waals surface area contributed by atoms with Gasteiger partial charge in [-0.05, 0) is 12.5 Å². The molecular formula is C17H18N4O4S. The fourth-order valence-corrected chi connectivity index (χ4v) is 3.41. The normalized spacial score (nSPS) is 17.8. The topological polar surface area (TPSA) is 101 Å². The van der Waals surface area contributed by atoms with Gasteiger partial charge < -0.3 is 15.0 Å². The van der Waals surface area contributed by atoms with Crippen LogP contribution in [0.3, 0.4) is 0 Å². The van der Waals surface area contributed by atoms with Gasteiger partial charge in [-0.2, -0.15) is 9.36 Å². The fourth-order valence-electron chi connectivity index (χ4n) is 2.85. The third-order valence-electron chi connectivity index (χ3n) is 4.30. The second-order valence-electron chi connectivity index (χ2n) is 5.94. The molecule has 1 fully saturated rings. The fraction of sp³-hybridized carbons (Fsp3) is 0.353. The zero-order valence-corrected chi connectivity index (χ0v) is 15.2. The standard InChI is InChI=1S/C17H18N4O4S/c1-10(11-6-4-3-5-7-11)21-9-12(8-13(21)22)15(23)19-17-18-14(20-26-17)16(24)25-2/h3-7,10,12H,8-9H2,1-2H3,(H,18,19,20,23). The van der Waals surface area contributed by atoms with Crippen molar-refractivity contribution in [2.24, 2.45) is 5.92 Å². The Balaban J connectivity index is 1.63. The molecule has 9 heteroatoms. The zero-order chi connectivity index (χ0) is 18.7. The first-order chi connectivity index (χ1) is 12.5. The van der Waals surface area contributed by atoms with Crippen molar-refractivity contribution in [3.05, 3.63) is 41.7 Å². The van der Waals surface area contributed by atoms with E-state index in [4.69, 9.17) is 0 Å². The molecule has 1 saturated heterocycles. The number of esters is 1. The van der Waals surface area contributed by atoms with Crippen molar-refractivity contribution < 1.29 is 19.1 Å². The molecular weight excluding hydrogens is 356 g/mol. The summed E-state index contributed by atoms with van der Waals surface area (Å²) < 4.78 is 8.36. The molecule has 1 aliphatic heterocycles. The molecule has 2 amide bonds. The second-order valence-corrected chi connectivity index (χ2v) is 6.69. The molecule has 3 rings (SSSR count). The Bertz CT molecular complexity index is 823. The van der Waals surface area contributed by atoms with Crippen LogP contribution in [0.4, 0.5) is 5.13 Å². The molecule has 0 bridgehead atoms. The molecule has 136 valence electrons. The van der Waals surface area contributed by atoms with Gasteiger partial charge in [-0.3, -0.25) is 9.59 Å². The molecule has 0 aliphatic carbocycles. The van der Waals surface area contributed by atoms with E-state index in [2.05, 4.69) is 19.4 Å². The van der Waals surface area contributed by atoms with Crippen LogP contribution in [0.2, 0.25) is 0 Å². The van der Waals surface area contributed by atoms with E-state index < -0.39 is 11.9 Å². The third kappa shape index (κ3) is 3.72. The minimum atomic E-state index is -0.666. The summed E-state index contributed by atoms with van der Waals surface area (Å²) in [7, 11) is 1.23. The summed E-state index contributed by atoms with van der Waals surface area (Å²) in [4.78, 5) is 41.8. The van der Waals surface area contributed by atoms with Crippen LogP contribution in [0.25, 0.3) is 0 Å². The van der Waals surface area contributed by atoms with Crippen molar-refractivity contribution in [3.8, 4) is 0 Å². The van der Waals surface area contributed by atoms with Crippen LogP contribution in [-0.4, -0.2) is 45.7 Å². The number of likely N-dealkylation sites (tertiary alicyclic amines) is 1. The minimum Gasteiger partial charge on any atom is -0.463 e. The van der Waals surface area contributed by atoms with E-state index in [9.17, 15) is 14.4 Å². The first-order valence-electron chi connectivity index (χ1n) is 8.07. The first kappa shape index (κ1) is 18.0.